The van der Waals surface area contributed by atoms with Gasteiger partial charge in [-0.05, 0) is 26.3 Å². The van der Waals surface area contributed by atoms with Crippen LogP contribution in [0.25, 0.3) is 0 Å². The molecule has 8 nitrogen and oxygen atoms in total. The van der Waals surface area contributed by atoms with Crippen molar-refractivity contribution in [1.29, 1.82) is 0 Å². The Kier molecular flexibility index (Phi) is 5.81. The minimum absolute atomic E-state index is 0.118. The van der Waals surface area contributed by atoms with Crippen molar-refractivity contribution in [1.82, 2.24) is 10.3 Å². The Morgan fingerprint density at radius 3 is 2.72 bits per heavy atom. The van der Waals surface area contributed by atoms with Gasteiger partial charge in [-0.3, -0.25) is 19.7 Å². The average molecular weight is 362 g/mol. The number of hydrogen-bond donors (Lipinski definition) is 2. The Bertz CT molecular complexity index is 818. The van der Waals surface area contributed by atoms with Gasteiger partial charge in [0.25, 0.3) is 11.6 Å². The van der Waals surface area contributed by atoms with Gasteiger partial charge in [0.2, 0.25) is 5.91 Å². The van der Waals surface area contributed by atoms with Crippen molar-refractivity contribution in [2.24, 2.45) is 0 Å². The topological polar surface area (TPSA) is 114 Å². The predicted molar refractivity (Wildman–Crippen MR) is 94.9 cm³/mol. The van der Waals surface area contributed by atoms with Gasteiger partial charge in [-0.15, -0.1) is 11.3 Å². The molecule has 0 radical (unpaired) electrons. The molecule has 0 spiro atoms. The molecule has 2 rings (SSSR count). The van der Waals surface area contributed by atoms with E-state index < -0.39 is 22.8 Å². The number of thiazole rings is 1. The summed E-state index contributed by atoms with van der Waals surface area (Å²) in [5.74, 6) is -0.967. The fourth-order valence-electron chi connectivity index (χ4n) is 2.13. The smallest absolute Gasteiger partial charge is 0.270 e. The maximum absolute atomic E-state index is 12.2. The Balaban J connectivity index is 2.01. The lowest BCUT2D eigenvalue weighted by molar-refractivity contribution is -0.384. The summed E-state index contributed by atoms with van der Waals surface area (Å²) in [4.78, 5) is 39.9. The van der Waals surface area contributed by atoms with Gasteiger partial charge < -0.3 is 10.6 Å². The summed E-state index contributed by atoms with van der Waals surface area (Å²) in [7, 11) is 0. The number of aromatic nitrogens is 1. The summed E-state index contributed by atoms with van der Waals surface area (Å²) in [5, 5.41) is 16.4. The molecule has 25 heavy (non-hydrogen) atoms. The first-order valence-electron chi connectivity index (χ1n) is 7.64. The molecule has 1 heterocycles. The van der Waals surface area contributed by atoms with Crippen LogP contribution < -0.4 is 10.6 Å². The summed E-state index contributed by atoms with van der Waals surface area (Å²) in [6.45, 7) is 5.45. The molecule has 0 bridgehead atoms. The van der Waals surface area contributed by atoms with Crippen molar-refractivity contribution in [2.75, 3.05) is 5.32 Å². The monoisotopic (exact) mass is 362 g/mol. The van der Waals surface area contributed by atoms with Gasteiger partial charge in [-0.25, -0.2) is 4.98 Å². The van der Waals surface area contributed by atoms with E-state index in [9.17, 15) is 19.7 Å². The first kappa shape index (κ1) is 18.5. The molecule has 1 aromatic carbocycles. The first-order chi connectivity index (χ1) is 11.8. The van der Waals surface area contributed by atoms with Gasteiger partial charge in [0.15, 0.2) is 5.13 Å². The summed E-state index contributed by atoms with van der Waals surface area (Å²) in [6.07, 6.45) is 0.775. The predicted octanol–water partition coefficient (Wildman–Crippen LogP) is 2.68. The molecule has 0 aliphatic heterocycles. The average Bonchev–Trinajstić information content (AvgIpc) is 2.94. The van der Waals surface area contributed by atoms with E-state index >= 15 is 0 Å². The van der Waals surface area contributed by atoms with Gasteiger partial charge in [0, 0.05) is 22.6 Å². The molecule has 2 aromatic rings. The van der Waals surface area contributed by atoms with Crippen molar-refractivity contribution < 1.29 is 14.5 Å². The van der Waals surface area contributed by atoms with E-state index in [4.69, 9.17) is 0 Å². The maximum atomic E-state index is 12.2. The second-order valence-electron chi connectivity index (χ2n) is 5.37. The molecule has 1 atom stereocenters. The van der Waals surface area contributed by atoms with Crippen molar-refractivity contribution in [3.63, 3.8) is 0 Å². The number of anilines is 1. The highest BCUT2D eigenvalue weighted by Crippen LogP contribution is 2.22. The first-order valence-corrected chi connectivity index (χ1v) is 8.46. The van der Waals surface area contributed by atoms with Gasteiger partial charge in [0.1, 0.15) is 6.04 Å². The van der Waals surface area contributed by atoms with E-state index in [-0.39, 0.29) is 11.3 Å². The summed E-state index contributed by atoms with van der Waals surface area (Å²) < 4.78 is 0. The van der Waals surface area contributed by atoms with Crippen molar-refractivity contribution >= 4 is 34.0 Å². The molecule has 0 fully saturated rings. The Labute approximate surface area is 148 Å². The van der Waals surface area contributed by atoms with Crippen LogP contribution in [0.1, 0.15) is 34.8 Å². The zero-order valence-corrected chi connectivity index (χ0v) is 14.8. The Morgan fingerprint density at radius 1 is 1.40 bits per heavy atom. The lowest BCUT2D eigenvalue weighted by Gasteiger charge is -2.13. The number of amides is 2. The number of carbonyl (C=O) groups excluding carboxylic acids is 2. The number of non-ortho nitro benzene ring substituents is 1. The molecular formula is C16H18N4O4S. The molecule has 0 saturated heterocycles. The van der Waals surface area contributed by atoms with Gasteiger partial charge in [-0.1, -0.05) is 13.0 Å². The van der Waals surface area contributed by atoms with Crippen LogP contribution >= 0.6 is 11.3 Å². The summed E-state index contributed by atoms with van der Waals surface area (Å²) in [6, 6.07) is 4.51. The highest BCUT2D eigenvalue weighted by atomic mass is 32.1. The third-order valence-electron chi connectivity index (χ3n) is 3.52. The zero-order valence-electron chi connectivity index (χ0n) is 14.0. The third-order valence-corrected chi connectivity index (χ3v) is 4.45. The number of nitro groups is 1. The van der Waals surface area contributed by atoms with E-state index in [1.807, 2.05) is 13.8 Å². The molecule has 0 aliphatic rings. The fourth-order valence-corrected chi connectivity index (χ4v) is 3.03. The molecule has 1 unspecified atom stereocenters. The molecule has 0 saturated carbocycles. The molecule has 0 aliphatic carbocycles. The zero-order chi connectivity index (χ0) is 18.6. The molecule has 2 N–H and O–H groups in total. The summed E-state index contributed by atoms with van der Waals surface area (Å²) >= 11 is 1.37. The van der Waals surface area contributed by atoms with Crippen molar-refractivity contribution in [3.8, 4) is 0 Å². The number of benzene rings is 1. The van der Waals surface area contributed by atoms with Crippen LogP contribution in [0.5, 0.6) is 0 Å². The number of rotatable bonds is 6. The van der Waals surface area contributed by atoms with Gasteiger partial charge in [0.05, 0.1) is 10.6 Å². The van der Waals surface area contributed by atoms with Crippen LogP contribution in [0.15, 0.2) is 24.3 Å². The van der Waals surface area contributed by atoms with E-state index in [2.05, 4.69) is 15.6 Å². The van der Waals surface area contributed by atoms with Crippen LogP contribution in [0.4, 0.5) is 10.8 Å². The Morgan fingerprint density at radius 2 is 2.12 bits per heavy atom. The standard InChI is InChI=1S/C16H18N4O4S/c1-4-13-10(3)25-16(18-13)19-14(21)9(2)17-15(22)11-6-5-7-12(8-11)20(23)24/h5-9H,4H2,1-3H3,(H,17,22)(H,18,19,21). The van der Waals surface area contributed by atoms with Gasteiger partial charge >= 0.3 is 0 Å². The third kappa shape index (κ3) is 4.60. The highest BCUT2D eigenvalue weighted by Gasteiger charge is 2.19. The Hall–Kier alpha value is -2.81. The molecule has 1 aromatic heterocycles. The summed E-state index contributed by atoms with van der Waals surface area (Å²) in [5.41, 5.74) is 0.857. The number of hydrogen-bond acceptors (Lipinski definition) is 6. The normalized spacial score (nSPS) is 11.6. The maximum Gasteiger partial charge on any atom is 0.270 e. The van der Waals surface area contributed by atoms with Crippen molar-refractivity contribution in [2.45, 2.75) is 33.2 Å². The molecule has 132 valence electrons. The number of nitrogens with one attached hydrogen (secondary N) is 2. The van der Waals surface area contributed by atoms with E-state index in [1.54, 1.807) is 0 Å². The van der Waals surface area contributed by atoms with E-state index in [1.165, 1.54) is 36.5 Å². The van der Waals surface area contributed by atoms with E-state index in [0.717, 1.165) is 23.1 Å². The molecular weight excluding hydrogens is 344 g/mol. The quantitative estimate of drug-likeness (QED) is 0.606. The largest absolute Gasteiger partial charge is 0.341 e. The number of nitrogens with zero attached hydrogens (tertiary/aromatic N) is 2. The van der Waals surface area contributed by atoms with Crippen LogP contribution in [0, 0.1) is 17.0 Å². The second kappa shape index (κ2) is 7.84. The lowest BCUT2D eigenvalue weighted by atomic mass is 10.1. The minimum atomic E-state index is -0.818. The van der Waals surface area contributed by atoms with Crippen molar-refractivity contribution in [3.05, 3.63) is 50.5 Å². The van der Waals surface area contributed by atoms with Crippen LogP contribution in [0.2, 0.25) is 0 Å². The van der Waals surface area contributed by atoms with Crippen LogP contribution in [-0.4, -0.2) is 27.8 Å². The van der Waals surface area contributed by atoms with E-state index in [0.29, 0.717) is 5.13 Å². The minimum Gasteiger partial charge on any atom is -0.341 e. The number of carbonyl (C=O) groups is 2. The van der Waals surface area contributed by atoms with Crippen LogP contribution in [0.3, 0.4) is 0 Å². The molecule has 9 heteroatoms. The van der Waals surface area contributed by atoms with Crippen LogP contribution in [-0.2, 0) is 11.2 Å². The second-order valence-corrected chi connectivity index (χ2v) is 6.57. The lowest BCUT2D eigenvalue weighted by Crippen LogP contribution is -2.41. The fraction of sp³-hybridized carbons (Fsp3) is 0.312. The molecule has 2 amide bonds. The number of nitro benzene ring substituents is 1. The number of aryl methyl sites for hydroxylation is 2. The SMILES string of the molecule is CCc1nc(NC(=O)C(C)NC(=O)c2cccc([N+](=O)[O-])c2)sc1C. The highest BCUT2D eigenvalue weighted by molar-refractivity contribution is 7.15. The van der Waals surface area contributed by atoms with Gasteiger partial charge in [-0.2, -0.15) is 0 Å².